The van der Waals surface area contributed by atoms with Gasteiger partial charge in [0.15, 0.2) is 5.65 Å². The van der Waals surface area contributed by atoms with E-state index in [0.29, 0.717) is 30.2 Å². The minimum absolute atomic E-state index is 0.206. The molecule has 1 saturated heterocycles. The molecular weight excluding hydrogens is 354 g/mol. The van der Waals surface area contributed by atoms with E-state index in [9.17, 15) is 9.59 Å². The number of aromatic amines is 1. The molecule has 2 aromatic heterocycles. The van der Waals surface area contributed by atoms with E-state index in [1.54, 1.807) is 4.57 Å². The number of hydrogen-bond acceptors (Lipinski definition) is 4. The van der Waals surface area contributed by atoms with Crippen LogP contribution in [0.15, 0.2) is 9.59 Å². The van der Waals surface area contributed by atoms with Crippen molar-refractivity contribution in [2.45, 2.75) is 83.7 Å². The first-order valence-electron chi connectivity index (χ1n) is 11.1. The molecule has 1 N–H and O–H groups in total. The molecule has 1 saturated carbocycles. The number of piperidine rings is 1. The molecule has 0 spiro atoms. The number of rotatable bonds is 7. The highest BCUT2D eigenvalue weighted by Gasteiger charge is 2.23. The number of nitrogens with one attached hydrogen (secondary N) is 1. The number of hydrogen-bond donors (Lipinski definition) is 1. The number of aromatic nitrogens is 4. The second-order valence-corrected chi connectivity index (χ2v) is 8.45. The molecule has 0 radical (unpaired) electrons. The fourth-order valence-corrected chi connectivity index (χ4v) is 4.83. The van der Waals surface area contributed by atoms with Gasteiger partial charge in [0.2, 0.25) is 0 Å². The molecule has 1 aliphatic carbocycles. The molecule has 2 aromatic rings. The lowest BCUT2D eigenvalue weighted by atomic mass is 10.1. The van der Waals surface area contributed by atoms with Crippen molar-refractivity contribution < 1.29 is 0 Å². The standard InChI is InChI=1S/C21H33N5O2/c1-2-11-26-20(27)17-19(23-18(22-17)16-9-4-5-10-16)25(21(26)28)15-8-14-24-12-6-3-7-13-24/h16H,2-15H2,1H3,(H,22,23). The predicted molar refractivity (Wildman–Crippen MR) is 111 cm³/mol. The number of likely N-dealkylation sites (tertiary alicyclic amines) is 1. The van der Waals surface area contributed by atoms with Gasteiger partial charge in [-0.2, -0.15) is 0 Å². The van der Waals surface area contributed by atoms with Gasteiger partial charge in [0.05, 0.1) is 0 Å². The van der Waals surface area contributed by atoms with Gasteiger partial charge in [0.1, 0.15) is 11.3 Å². The molecule has 0 aromatic carbocycles. The molecule has 0 unspecified atom stereocenters. The van der Waals surface area contributed by atoms with Crippen LogP contribution in [-0.2, 0) is 13.1 Å². The zero-order chi connectivity index (χ0) is 19.5. The molecule has 2 aliphatic rings. The van der Waals surface area contributed by atoms with E-state index < -0.39 is 0 Å². The van der Waals surface area contributed by atoms with Crippen molar-refractivity contribution in [3.05, 3.63) is 26.7 Å². The molecule has 154 valence electrons. The van der Waals surface area contributed by atoms with Gasteiger partial charge < -0.3 is 9.88 Å². The number of aryl methyl sites for hydroxylation is 1. The number of fused-ring (bicyclic) bond motifs is 1. The number of nitrogens with zero attached hydrogens (tertiary/aromatic N) is 4. The van der Waals surface area contributed by atoms with Gasteiger partial charge in [-0.3, -0.25) is 13.9 Å². The van der Waals surface area contributed by atoms with Crippen LogP contribution in [-0.4, -0.2) is 43.6 Å². The Balaban J connectivity index is 1.65. The lowest BCUT2D eigenvalue weighted by molar-refractivity contribution is 0.222. The topological polar surface area (TPSA) is 75.9 Å². The maximum Gasteiger partial charge on any atom is 0.332 e. The van der Waals surface area contributed by atoms with Gasteiger partial charge in [-0.05, 0) is 58.2 Å². The van der Waals surface area contributed by atoms with Crippen LogP contribution >= 0.6 is 0 Å². The lowest BCUT2D eigenvalue weighted by Gasteiger charge is -2.26. The Hall–Kier alpha value is -1.89. The molecule has 7 heteroatoms. The lowest BCUT2D eigenvalue weighted by Crippen LogP contribution is -2.40. The summed E-state index contributed by atoms with van der Waals surface area (Å²) < 4.78 is 3.13. The number of H-pyrrole nitrogens is 1. The SMILES string of the molecule is CCCn1c(=O)c2[nH]c(C3CCCC3)nc2n(CCCN2CCCCC2)c1=O. The predicted octanol–water partition coefficient (Wildman–Crippen LogP) is 2.83. The Morgan fingerprint density at radius 3 is 2.43 bits per heavy atom. The van der Waals surface area contributed by atoms with Crippen molar-refractivity contribution in [3.8, 4) is 0 Å². The fraction of sp³-hybridized carbons (Fsp3) is 0.762. The Morgan fingerprint density at radius 1 is 0.964 bits per heavy atom. The van der Waals surface area contributed by atoms with Crippen LogP contribution < -0.4 is 11.2 Å². The average Bonchev–Trinajstić information content (AvgIpc) is 3.38. The molecule has 7 nitrogen and oxygen atoms in total. The smallest absolute Gasteiger partial charge is 0.332 e. The van der Waals surface area contributed by atoms with Crippen molar-refractivity contribution in [2.75, 3.05) is 19.6 Å². The Kier molecular flexibility index (Phi) is 5.99. The van der Waals surface area contributed by atoms with Gasteiger partial charge in [-0.1, -0.05) is 26.2 Å². The van der Waals surface area contributed by atoms with Crippen LogP contribution in [0.3, 0.4) is 0 Å². The first kappa shape index (κ1) is 19.4. The third-order valence-electron chi connectivity index (χ3n) is 6.37. The molecule has 0 amide bonds. The summed E-state index contributed by atoms with van der Waals surface area (Å²) in [7, 11) is 0. The summed E-state index contributed by atoms with van der Waals surface area (Å²) in [6, 6.07) is 0. The van der Waals surface area contributed by atoms with Crippen molar-refractivity contribution >= 4 is 11.2 Å². The summed E-state index contributed by atoms with van der Waals surface area (Å²) in [6.45, 7) is 6.39. The summed E-state index contributed by atoms with van der Waals surface area (Å²) in [5, 5.41) is 0. The minimum atomic E-state index is -0.217. The Labute approximate surface area is 165 Å². The fourth-order valence-electron chi connectivity index (χ4n) is 4.83. The Bertz CT molecular complexity index is 913. The number of imidazole rings is 1. The summed E-state index contributed by atoms with van der Waals surface area (Å²) in [5.41, 5.74) is 0.643. The third-order valence-corrected chi connectivity index (χ3v) is 6.37. The van der Waals surface area contributed by atoms with E-state index in [1.807, 2.05) is 6.92 Å². The summed E-state index contributed by atoms with van der Waals surface area (Å²) in [4.78, 5) is 36.5. The van der Waals surface area contributed by atoms with Crippen LogP contribution in [0.2, 0.25) is 0 Å². The monoisotopic (exact) mass is 387 g/mol. The van der Waals surface area contributed by atoms with Crippen LogP contribution in [0.5, 0.6) is 0 Å². The highest BCUT2D eigenvalue weighted by atomic mass is 16.2. The zero-order valence-electron chi connectivity index (χ0n) is 17.1. The van der Waals surface area contributed by atoms with E-state index in [2.05, 4.69) is 9.88 Å². The van der Waals surface area contributed by atoms with E-state index in [4.69, 9.17) is 4.98 Å². The molecule has 3 heterocycles. The third kappa shape index (κ3) is 3.81. The maximum absolute atomic E-state index is 13.1. The van der Waals surface area contributed by atoms with Gasteiger partial charge in [0.25, 0.3) is 5.56 Å². The van der Waals surface area contributed by atoms with Gasteiger partial charge >= 0.3 is 5.69 Å². The van der Waals surface area contributed by atoms with Gasteiger partial charge in [0, 0.05) is 19.0 Å². The second kappa shape index (κ2) is 8.64. The van der Waals surface area contributed by atoms with E-state index in [-0.39, 0.29) is 11.2 Å². The molecule has 2 fully saturated rings. The quantitative estimate of drug-likeness (QED) is 0.793. The molecule has 4 rings (SSSR count). The van der Waals surface area contributed by atoms with Crippen molar-refractivity contribution in [2.24, 2.45) is 0 Å². The highest BCUT2D eigenvalue weighted by molar-refractivity contribution is 5.70. The van der Waals surface area contributed by atoms with Gasteiger partial charge in [-0.25, -0.2) is 9.78 Å². The zero-order valence-corrected chi connectivity index (χ0v) is 17.1. The maximum atomic E-state index is 13.1. The van der Waals surface area contributed by atoms with E-state index >= 15 is 0 Å². The van der Waals surface area contributed by atoms with Crippen LogP contribution in [0.1, 0.15) is 76.5 Å². The van der Waals surface area contributed by atoms with E-state index in [0.717, 1.165) is 51.1 Å². The molecular formula is C21H33N5O2. The first-order chi connectivity index (χ1) is 13.7. The molecule has 0 atom stereocenters. The summed E-state index contributed by atoms with van der Waals surface area (Å²) >= 11 is 0. The van der Waals surface area contributed by atoms with E-state index in [1.165, 1.54) is 36.7 Å². The molecule has 28 heavy (non-hydrogen) atoms. The molecule has 0 bridgehead atoms. The van der Waals surface area contributed by atoms with Gasteiger partial charge in [-0.15, -0.1) is 0 Å². The van der Waals surface area contributed by atoms with Crippen LogP contribution in [0.4, 0.5) is 0 Å². The average molecular weight is 388 g/mol. The Morgan fingerprint density at radius 2 is 1.71 bits per heavy atom. The minimum Gasteiger partial charge on any atom is -0.336 e. The van der Waals surface area contributed by atoms with Crippen molar-refractivity contribution in [1.82, 2.24) is 24.0 Å². The van der Waals surface area contributed by atoms with Crippen LogP contribution in [0, 0.1) is 0 Å². The highest BCUT2D eigenvalue weighted by Crippen LogP contribution is 2.32. The normalized spacial score (nSPS) is 19.0. The largest absolute Gasteiger partial charge is 0.336 e. The second-order valence-electron chi connectivity index (χ2n) is 8.45. The molecule has 1 aliphatic heterocycles. The summed E-state index contributed by atoms with van der Waals surface area (Å²) in [6.07, 6.45) is 10.2. The van der Waals surface area contributed by atoms with Crippen molar-refractivity contribution in [1.29, 1.82) is 0 Å². The van der Waals surface area contributed by atoms with Crippen LogP contribution in [0.25, 0.3) is 11.2 Å². The summed E-state index contributed by atoms with van der Waals surface area (Å²) in [5.74, 6) is 1.28. The first-order valence-corrected chi connectivity index (χ1v) is 11.1. The van der Waals surface area contributed by atoms with Crippen molar-refractivity contribution in [3.63, 3.8) is 0 Å².